The van der Waals surface area contributed by atoms with E-state index in [-0.39, 0.29) is 11.6 Å². The number of aromatic nitrogens is 2. The monoisotopic (exact) mass is 276 g/mol. The van der Waals surface area contributed by atoms with Crippen LogP contribution in [0.15, 0.2) is 12.3 Å². The van der Waals surface area contributed by atoms with Crippen LogP contribution >= 0.6 is 0 Å². The number of nitrogens with zero attached hydrogens (tertiary/aromatic N) is 3. The molecule has 3 rings (SSSR count). The lowest BCUT2D eigenvalue weighted by Crippen LogP contribution is -2.53. The second-order valence-corrected chi connectivity index (χ2v) is 6.46. The predicted octanol–water partition coefficient (Wildman–Crippen LogP) is 2.70. The van der Waals surface area contributed by atoms with Gasteiger partial charge in [-0.3, -0.25) is 9.58 Å². The summed E-state index contributed by atoms with van der Waals surface area (Å²) in [5.41, 5.74) is 8.22. The van der Waals surface area contributed by atoms with E-state index < -0.39 is 0 Å². The summed E-state index contributed by atoms with van der Waals surface area (Å²) in [5, 5.41) is 4.47. The molecule has 1 aliphatic heterocycles. The maximum atomic E-state index is 6.79. The molecule has 1 saturated carbocycles. The first kappa shape index (κ1) is 14.1. The molecule has 112 valence electrons. The van der Waals surface area contributed by atoms with Crippen LogP contribution in [0.5, 0.6) is 0 Å². The standard InChI is InChI=1S/C16H28N4/c1-2-11-20-14(7-10-18-20)15(17)16(8-3-4-9-16)19-12-5-6-13-19/h7,10,15H,2-6,8-9,11-13,17H2,1H3. The summed E-state index contributed by atoms with van der Waals surface area (Å²) in [5.74, 6) is 0. The van der Waals surface area contributed by atoms with Crippen LogP contribution < -0.4 is 5.73 Å². The summed E-state index contributed by atoms with van der Waals surface area (Å²) < 4.78 is 2.13. The number of hydrogen-bond donors (Lipinski definition) is 1. The Labute approximate surface area is 122 Å². The van der Waals surface area contributed by atoms with Gasteiger partial charge in [0.15, 0.2) is 0 Å². The van der Waals surface area contributed by atoms with Crippen molar-refractivity contribution in [2.24, 2.45) is 5.73 Å². The minimum atomic E-state index is 0.108. The zero-order valence-corrected chi connectivity index (χ0v) is 12.7. The molecule has 0 amide bonds. The van der Waals surface area contributed by atoms with E-state index in [4.69, 9.17) is 5.73 Å². The van der Waals surface area contributed by atoms with Gasteiger partial charge in [0.1, 0.15) is 0 Å². The fourth-order valence-electron chi connectivity index (χ4n) is 4.25. The van der Waals surface area contributed by atoms with Gasteiger partial charge in [0.25, 0.3) is 0 Å². The summed E-state index contributed by atoms with van der Waals surface area (Å²) in [6.45, 7) is 5.64. The molecule has 1 saturated heterocycles. The average molecular weight is 276 g/mol. The van der Waals surface area contributed by atoms with Crippen LogP contribution in [0.25, 0.3) is 0 Å². The van der Waals surface area contributed by atoms with Gasteiger partial charge in [-0.1, -0.05) is 19.8 Å². The van der Waals surface area contributed by atoms with Crippen LogP contribution in [0.1, 0.15) is 63.6 Å². The Bertz CT molecular complexity index is 427. The quantitative estimate of drug-likeness (QED) is 0.899. The summed E-state index contributed by atoms with van der Waals surface area (Å²) in [6.07, 6.45) is 10.9. The van der Waals surface area contributed by atoms with Crippen LogP contribution in [0.3, 0.4) is 0 Å². The van der Waals surface area contributed by atoms with Crippen molar-refractivity contribution in [2.45, 2.75) is 70.0 Å². The smallest absolute Gasteiger partial charge is 0.0653 e. The van der Waals surface area contributed by atoms with E-state index in [2.05, 4.69) is 27.7 Å². The second-order valence-electron chi connectivity index (χ2n) is 6.46. The molecule has 0 spiro atoms. The molecule has 1 aliphatic carbocycles. The summed E-state index contributed by atoms with van der Waals surface area (Å²) in [6, 6.07) is 2.24. The molecule has 1 atom stereocenters. The van der Waals surface area contributed by atoms with Crippen molar-refractivity contribution in [3.63, 3.8) is 0 Å². The Morgan fingerprint density at radius 3 is 2.60 bits per heavy atom. The number of nitrogens with two attached hydrogens (primary N) is 1. The second kappa shape index (κ2) is 5.86. The Hall–Kier alpha value is -0.870. The molecule has 20 heavy (non-hydrogen) atoms. The van der Waals surface area contributed by atoms with Gasteiger partial charge in [-0.2, -0.15) is 5.10 Å². The largest absolute Gasteiger partial charge is 0.321 e. The fraction of sp³-hybridized carbons (Fsp3) is 0.812. The third kappa shape index (κ3) is 2.29. The van der Waals surface area contributed by atoms with Crippen LogP contribution in [0.2, 0.25) is 0 Å². The van der Waals surface area contributed by atoms with Crippen molar-refractivity contribution < 1.29 is 0 Å². The minimum Gasteiger partial charge on any atom is -0.321 e. The highest BCUT2D eigenvalue weighted by atomic mass is 15.3. The Morgan fingerprint density at radius 1 is 1.25 bits per heavy atom. The normalized spacial score (nSPS) is 24.3. The molecule has 1 unspecified atom stereocenters. The van der Waals surface area contributed by atoms with E-state index >= 15 is 0 Å². The summed E-state index contributed by atoms with van der Waals surface area (Å²) in [4.78, 5) is 2.69. The van der Waals surface area contributed by atoms with E-state index in [1.165, 1.54) is 57.3 Å². The first-order chi connectivity index (χ1) is 9.78. The highest BCUT2D eigenvalue weighted by Gasteiger charge is 2.46. The van der Waals surface area contributed by atoms with Gasteiger partial charge < -0.3 is 5.73 Å². The molecule has 0 radical (unpaired) electrons. The molecule has 0 aromatic carbocycles. The van der Waals surface area contributed by atoms with Gasteiger partial charge >= 0.3 is 0 Å². The van der Waals surface area contributed by atoms with Crippen LogP contribution in [-0.2, 0) is 6.54 Å². The Balaban J connectivity index is 1.88. The SMILES string of the molecule is CCCn1nccc1C(N)C1(N2CCCC2)CCCC1. The van der Waals surface area contributed by atoms with E-state index in [0.717, 1.165) is 13.0 Å². The molecule has 2 N–H and O–H groups in total. The van der Waals surface area contributed by atoms with Crippen molar-refractivity contribution in [1.82, 2.24) is 14.7 Å². The van der Waals surface area contributed by atoms with Crippen LogP contribution in [-0.4, -0.2) is 33.3 Å². The lowest BCUT2D eigenvalue weighted by atomic mass is 9.84. The summed E-state index contributed by atoms with van der Waals surface area (Å²) >= 11 is 0. The van der Waals surface area contributed by atoms with E-state index in [1.807, 2.05) is 6.20 Å². The molecule has 2 fully saturated rings. The molecule has 1 aromatic heterocycles. The van der Waals surface area contributed by atoms with Gasteiger partial charge in [-0.25, -0.2) is 0 Å². The van der Waals surface area contributed by atoms with Crippen molar-refractivity contribution in [3.05, 3.63) is 18.0 Å². The number of aryl methyl sites for hydroxylation is 1. The maximum absolute atomic E-state index is 6.79. The first-order valence-corrected chi connectivity index (χ1v) is 8.30. The van der Waals surface area contributed by atoms with Crippen molar-refractivity contribution in [1.29, 1.82) is 0 Å². The average Bonchev–Trinajstić information content (AvgIpc) is 3.20. The highest BCUT2D eigenvalue weighted by molar-refractivity contribution is 5.17. The fourth-order valence-corrected chi connectivity index (χ4v) is 4.25. The molecular formula is C16H28N4. The van der Waals surface area contributed by atoms with Crippen LogP contribution in [0, 0.1) is 0 Å². The summed E-state index contributed by atoms with van der Waals surface area (Å²) in [7, 11) is 0. The molecule has 0 bridgehead atoms. The Morgan fingerprint density at radius 2 is 1.95 bits per heavy atom. The van der Waals surface area contributed by atoms with Crippen molar-refractivity contribution in [2.75, 3.05) is 13.1 Å². The molecule has 4 heteroatoms. The van der Waals surface area contributed by atoms with E-state index in [0.29, 0.717) is 0 Å². The van der Waals surface area contributed by atoms with Crippen molar-refractivity contribution >= 4 is 0 Å². The van der Waals surface area contributed by atoms with Gasteiger partial charge in [0, 0.05) is 18.3 Å². The molecular weight excluding hydrogens is 248 g/mol. The highest BCUT2D eigenvalue weighted by Crippen LogP contribution is 2.44. The molecule has 2 heterocycles. The van der Waals surface area contributed by atoms with Crippen LogP contribution in [0.4, 0.5) is 0 Å². The third-order valence-electron chi connectivity index (χ3n) is 5.29. The molecule has 2 aliphatic rings. The van der Waals surface area contributed by atoms with Gasteiger partial charge in [0.2, 0.25) is 0 Å². The van der Waals surface area contributed by atoms with Crippen molar-refractivity contribution in [3.8, 4) is 0 Å². The zero-order chi connectivity index (χ0) is 14.0. The van der Waals surface area contributed by atoms with Gasteiger partial charge in [-0.05, 0) is 51.3 Å². The maximum Gasteiger partial charge on any atom is 0.0653 e. The zero-order valence-electron chi connectivity index (χ0n) is 12.7. The lowest BCUT2D eigenvalue weighted by Gasteiger charge is -2.43. The van der Waals surface area contributed by atoms with E-state index in [1.54, 1.807) is 0 Å². The number of likely N-dealkylation sites (tertiary alicyclic amines) is 1. The lowest BCUT2D eigenvalue weighted by molar-refractivity contribution is 0.0887. The minimum absolute atomic E-state index is 0.108. The first-order valence-electron chi connectivity index (χ1n) is 8.30. The third-order valence-corrected chi connectivity index (χ3v) is 5.29. The number of hydrogen-bond acceptors (Lipinski definition) is 3. The van der Waals surface area contributed by atoms with Gasteiger partial charge in [-0.15, -0.1) is 0 Å². The topological polar surface area (TPSA) is 47.1 Å². The molecule has 4 nitrogen and oxygen atoms in total. The number of rotatable bonds is 5. The van der Waals surface area contributed by atoms with E-state index in [9.17, 15) is 0 Å². The van der Waals surface area contributed by atoms with Gasteiger partial charge in [0.05, 0.1) is 11.7 Å². The Kier molecular flexibility index (Phi) is 4.13. The predicted molar refractivity (Wildman–Crippen MR) is 81.5 cm³/mol. The molecule has 1 aromatic rings.